The zero-order valence-corrected chi connectivity index (χ0v) is 15.1. The highest BCUT2D eigenvalue weighted by molar-refractivity contribution is 7.13. The van der Waals surface area contributed by atoms with Crippen LogP contribution in [0.4, 0.5) is 5.95 Å². The Kier molecular flexibility index (Phi) is 5.27. The van der Waals surface area contributed by atoms with Crippen LogP contribution < -0.4 is 10.6 Å². The fourth-order valence-electron chi connectivity index (χ4n) is 2.33. The molecule has 124 valence electrons. The smallest absolute Gasteiger partial charge is 0.230 e. The lowest BCUT2D eigenvalue weighted by Gasteiger charge is -2.12. The number of anilines is 1. The maximum atomic E-state index is 6.16. The number of benzene rings is 1. The lowest BCUT2D eigenvalue weighted by Crippen LogP contribution is -2.31. The van der Waals surface area contributed by atoms with Crippen LogP contribution in [-0.2, 0) is 0 Å². The van der Waals surface area contributed by atoms with Gasteiger partial charge in [-0.1, -0.05) is 17.7 Å². The van der Waals surface area contributed by atoms with Crippen molar-refractivity contribution >= 4 is 45.7 Å². The van der Waals surface area contributed by atoms with Gasteiger partial charge in [-0.2, -0.15) is 0 Å². The minimum atomic E-state index is 0.515. The van der Waals surface area contributed by atoms with E-state index in [9.17, 15) is 0 Å². The summed E-state index contributed by atoms with van der Waals surface area (Å²) in [5.41, 5.74) is 1.71. The molecule has 0 bridgehead atoms. The van der Waals surface area contributed by atoms with Crippen LogP contribution in [0.3, 0.4) is 0 Å². The first-order chi connectivity index (χ1) is 11.7. The van der Waals surface area contributed by atoms with Crippen LogP contribution in [-0.4, -0.2) is 29.0 Å². The largest absolute Gasteiger partial charge is 0.356 e. The third-order valence-electron chi connectivity index (χ3n) is 3.30. The maximum Gasteiger partial charge on any atom is 0.230 e. The summed E-state index contributed by atoms with van der Waals surface area (Å²) in [5, 5.41) is 10.0. The SMILES string of the molecule is CCN=C(NCC)Nc1nc(-c2cccs2)c2cc(Cl)ccc2n1. The van der Waals surface area contributed by atoms with E-state index in [2.05, 4.69) is 20.6 Å². The molecule has 0 aliphatic rings. The molecule has 0 aliphatic carbocycles. The lowest BCUT2D eigenvalue weighted by molar-refractivity contribution is 0.940. The van der Waals surface area contributed by atoms with E-state index in [1.54, 1.807) is 11.3 Å². The molecule has 0 saturated heterocycles. The van der Waals surface area contributed by atoms with Crippen LogP contribution in [0.25, 0.3) is 21.5 Å². The average molecular weight is 360 g/mol. The molecule has 7 heteroatoms. The maximum absolute atomic E-state index is 6.16. The average Bonchev–Trinajstić information content (AvgIpc) is 3.09. The zero-order chi connectivity index (χ0) is 16.9. The molecule has 3 aromatic rings. The highest BCUT2D eigenvalue weighted by Crippen LogP contribution is 2.31. The highest BCUT2D eigenvalue weighted by atomic mass is 35.5. The topological polar surface area (TPSA) is 62.2 Å². The van der Waals surface area contributed by atoms with Gasteiger partial charge in [0, 0.05) is 23.5 Å². The van der Waals surface area contributed by atoms with Crippen molar-refractivity contribution in [2.24, 2.45) is 4.99 Å². The number of aliphatic imine (C=N–C) groups is 1. The quantitative estimate of drug-likeness (QED) is 0.535. The molecule has 3 rings (SSSR count). The van der Waals surface area contributed by atoms with Gasteiger partial charge in [-0.05, 0) is 43.5 Å². The number of halogens is 1. The summed E-state index contributed by atoms with van der Waals surface area (Å²) < 4.78 is 0. The van der Waals surface area contributed by atoms with Crippen molar-refractivity contribution in [1.29, 1.82) is 0 Å². The number of aromatic nitrogens is 2. The van der Waals surface area contributed by atoms with Crippen LogP contribution in [0.1, 0.15) is 13.8 Å². The second-order valence-corrected chi connectivity index (χ2v) is 6.40. The van der Waals surface area contributed by atoms with Gasteiger partial charge >= 0.3 is 0 Å². The molecule has 2 heterocycles. The second-order valence-electron chi connectivity index (χ2n) is 5.01. The van der Waals surface area contributed by atoms with Crippen LogP contribution in [0, 0.1) is 0 Å². The highest BCUT2D eigenvalue weighted by Gasteiger charge is 2.12. The first kappa shape index (κ1) is 16.7. The molecule has 0 atom stereocenters. The Morgan fingerprint density at radius 2 is 2.12 bits per heavy atom. The normalized spacial score (nSPS) is 11.7. The van der Waals surface area contributed by atoms with Crippen molar-refractivity contribution in [2.75, 3.05) is 18.4 Å². The zero-order valence-electron chi connectivity index (χ0n) is 13.5. The molecular weight excluding hydrogens is 342 g/mol. The van der Waals surface area contributed by atoms with Crippen molar-refractivity contribution in [1.82, 2.24) is 15.3 Å². The predicted molar refractivity (Wildman–Crippen MR) is 103 cm³/mol. The minimum Gasteiger partial charge on any atom is -0.356 e. The van der Waals surface area contributed by atoms with E-state index in [0.29, 0.717) is 23.5 Å². The molecule has 2 N–H and O–H groups in total. The first-order valence-corrected chi connectivity index (χ1v) is 9.03. The molecule has 0 unspecified atom stereocenters. The van der Waals surface area contributed by atoms with Gasteiger partial charge in [-0.25, -0.2) is 9.97 Å². The molecule has 1 aromatic carbocycles. The molecule has 0 saturated carbocycles. The van der Waals surface area contributed by atoms with Gasteiger partial charge in [0.05, 0.1) is 16.1 Å². The Morgan fingerprint density at radius 3 is 2.83 bits per heavy atom. The van der Waals surface area contributed by atoms with E-state index in [-0.39, 0.29) is 0 Å². The molecule has 0 spiro atoms. The monoisotopic (exact) mass is 359 g/mol. The molecule has 2 aromatic heterocycles. The summed E-state index contributed by atoms with van der Waals surface area (Å²) in [6.45, 7) is 5.45. The Labute approximate surface area is 149 Å². The summed E-state index contributed by atoms with van der Waals surface area (Å²) in [5.74, 6) is 1.19. The van der Waals surface area contributed by atoms with Crippen LogP contribution >= 0.6 is 22.9 Å². The van der Waals surface area contributed by atoms with Gasteiger partial charge in [0.15, 0.2) is 5.96 Å². The van der Waals surface area contributed by atoms with Crippen LogP contribution in [0.2, 0.25) is 5.02 Å². The van der Waals surface area contributed by atoms with Crippen LogP contribution in [0.5, 0.6) is 0 Å². The number of hydrogen-bond acceptors (Lipinski definition) is 4. The van der Waals surface area contributed by atoms with E-state index >= 15 is 0 Å². The summed E-state index contributed by atoms with van der Waals surface area (Å²) in [6, 6.07) is 9.70. The standard InChI is InChI=1S/C17H18ClN5S/c1-3-19-16(20-4-2)23-17-21-13-8-7-11(18)10-12(13)15(22-17)14-6-5-9-24-14/h5-10H,3-4H2,1-2H3,(H2,19,20,21,22,23). The van der Waals surface area contributed by atoms with E-state index in [1.165, 1.54) is 0 Å². The van der Waals surface area contributed by atoms with E-state index in [1.807, 2.05) is 49.6 Å². The fraction of sp³-hybridized carbons (Fsp3) is 0.235. The van der Waals surface area contributed by atoms with Gasteiger partial charge in [0.2, 0.25) is 5.95 Å². The summed E-state index contributed by atoms with van der Waals surface area (Å²) in [6.07, 6.45) is 0. The number of guanidine groups is 1. The van der Waals surface area contributed by atoms with Crippen molar-refractivity contribution in [2.45, 2.75) is 13.8 Å². The third-order valence-corrected chi connectivity index (χ3v) is 4.41. The van der Waals surface area contributed by atoms with Gasteiger partial charge in [-0.3, -0.25) is 10.3 Å². The minimum absolute atomic E-state index is 0.515. The van der Waals surface area contributed by atoms with E-state index < -0.39 is 0 Å². The molecule has 0 amide bonds. The Balaban J connectivity index is 2.10. The van der Waals surface area contributed by atoms with Gasteiger partial charge in [0.25, 0.3) is 0 Å². The Bertz CT molecular complexity index is 861. The number of nitrogens with zero attached hydrogens (tertiary/aromatic N) is 3. The molecule has 24 heavy (non-hydrogen) atoms. The molecule has 0 fully saturated rings. The number of thiophene rings is 1. The van der Waals surface area contributed by atoms with E-state index in [0.717, 1.165) is 28.0 Å². The van der Waals surface area contributed by atoms with Crippen molar-refractivity contribution in [3.05, 3.63) is 40.7 Å². The van der Waals surface area contributed by atoms with Gasteiger partial charge in [0.1, 0.15) is 0 Å². The molecule has 5 nitrogen and oxygen atoms in total. The van der Waals surface area contributed by atoms with Crippen LogP contribution in [0.15, 0.2) is 40.7 Å². The van der Waals surface area contributed by atoms with E-state index in [4.69, 9.17) is 16.6 Å². The first-order valence-electron chi connectivity index (χ1n) is 7.77. The Hall–Kier alpha value is -2.18. The number of nitrogens with one attached hydrogen (secondary N) is 2. The number of rotatable bonds is 4. The lowest BCUT2D eigenvalue weighted by atomic mass is 10.1. The van der Waals surface area contributed by atoms with Crippen molar-refractivity contribution in [3.8, 4) is 10.6 Å². The summed E-state index contributed by atoms with van der Waals surface area (Å²) in [4.78, 5) is 14.8. The van der Waals surface area contributed by atoms with Crippen molar-refractivity contribution in [3.63, 3.8) is 0 Å². The number of fused-ring (bicyclic) bond motifs is 1. The molecular formula is C17H18ClN5S. The predicted octanol–water partition coefficient (Wildman–Crippen LogP) is 4.41. The van der Waals surface area contributed by atoms with Gasteiger partial charge in [-0.15, -0.1) is 11.3 Å². The Morgan fingerprint density at radius 1 is 1.25 bits per heavy atom. The summed E-state index contributed by atoms with van der Waals surface area (Å²) in [7, 11) is 0. The molecule has 0 aliphatic heterocycles. The van der Waals surface area contributed by atoms with Gasteiger partial charge < -0.3 is 5.32 Å². The second kappa shape index (κ2) is 7.59. The number of hydrogen-bond donors (Lipinski definition) is 2. The summed E-state index contributed by atoms with van der Waals surface area (Å²) >= 11 is 7.80. The third kappa shape index (κ3) is 3.66. The molecule has 0 radical (unpaired) electrons. The van der Waals surface area contributed by atoms with Crippen molar-refractivity contribution < 1.29 is 0 Å². The fourth-order valence-corrected chi connectivity index (χ4v) is 3.23.